The van der Waals surface area contributed by atoms with Crippen molar-refractivity contribution in [2.24, 2.45) is 0 Å². The number of nitrogens with zero attached hydrogens (tertiary/aromatic N) is 3. The predicted molar refractivity (Wildman–Crippen MR) is 91.3 cm³/mol. The van der Waals surface area contributed by atoms with Gasteiger partial charge in [0.05, 0.1) is 10.5 Å². The van der Waals surface area contributed by atoms with Gasteiger partial charge in [-0.25, -0.2) is 0 Å². The summed E-state index contributed by atoms with van der Waals surface area (Å²) in [6.45, 7) is 3.67. The molecule has 3 aromatic heterocycles. The maximum Gasteiger partial charge on any atom is 0.283 e. The molecule has 8 heteroatoms. The molecule has 0 bridgehead atoms. The molecule has 0 saturated heterocycles. The first kappa shape index (κ1) is 15.8. The highest BCUT2D eigenvalue weighted by Gasteiger charge is 2.18. The Balaban J connectivity index is 1.62. The van der Waals surface area contributed by atoms with E-state index in [4.69, 9.17) is 13.3 Å². The third-order valence-electron chi connectivity index (χ3n) is 3.88. The van der Waals surface area contributed by atoms with Crippen LogP contribution >= 0.6 is 0 Å². The van der Waals surface area contributed by atoms with Crippen LogP contribution in [0.4, 0.5) is 5.69 Å². The summed E-state index contributed by atoms with van der Waals surface area (Å²) in [7, 11) is 0. The first-order valence-electron chi connectivity index (χ1n) is 7.77. The van der Waals surface area contributed by atoms with E-state index >= 15 is 0 Å². The Morgan fingerprint density at radius 3 is 2.23 bits per heavy atom. The van der Waals surface area contributed by atoms with E-state index in [1.54, 1.807) is 24.3 Å². The molecule has 0 aliphatic rings. The topological polar surface area (TPSA) is 108 Å². The minimum Gasteiger partial charge on any atom is -0.466 e. The van der Waals surface area contributed by atoms with Crippen LogP contribution in [0, 0.1) is 24.0 Å². The van der Waals surface area contributed by atoms with Crippen LogP contribution in [-0.2, 0) is 0 Å². The highest BCUT2D eigenvalue weighted by molar-refractivity contribution is 5.63. The van der Waals surface area contributed by atoms with Crippen molar-refractivity contribution in [3.8, 4) is 34.4 Å². The molecular formula is C18H13N3O5. The Hall–Kier alpha value is -3.68. The maximum atomic E-state index is 10.7. The summed E-state index contributed by atoms with van der Waals surface area (Å²) in [5, 5.41) is 18.8. The smallest absolute Gasteiger partial charge is 0.283 e. The number of nitro benzene ring substituents is 1. The van der Waals surface area contributed by atoms with Gasteiger partial charge in [0, 0.05) is 17.7 Å². The summed E-state index contributed by atoms with van der Waals surface area (Å²) >= 11 is 0. The van der Waals surface area contributed by atoms with Gasteiger partial charge in [-0.3, -0.25) is 10.1 Å². The van der Waals surface area contributed by atoms with E-state index in [0.29, 0.717) is 28.7 Å². The van der Waals surface area contributed by atoms with E-state index < -0.39 is 4.92 Å². The van der Waals surface area contributed by atoms with Crippen LogP contribution < -0.4 is 0 Å². The standard InChI is InChI=1S/C18H13N3O5/c1-10-9-14(11(2)24-10)17-19-20-18(26-17)16-8-7-15(25-16)12-3-5-13(6-4-12)21(22)23/h3-9H,1-2H3. The summed E-state index contributed by atoms with van der Waals surface area (Å²) in [6, 6.07) is 11.4. The highest BCUT2D eigenvalue weighted by Crippen LogP contribution is 2.31. The van der Waals surface area contributed by atoms with Crippen molar-refractivity contribution in [2.45, 2.75) is 13.8 Å². The quantitative estimate of drug-likeness (QED) is 0.384. The zero-order chi connectivity index (χ0) is 18.3. The lowest BCUT2D eigenvalue weighted by molar-refractivity contribution is -0.384. The predicted octanol–water partition coefficient (Wildman–Crippen LogP) is 4.78. The third-order valence-corrected chi connectivity index (χ3v) is 3.88. The van der Waals surface area contributed by atoms with E-state index in [-0.39, 0.29) is 11.6 Å². The molecule has 0 amide bonds. The SMILES string of the molecule is Cc1cc(-c2nnc(-c3ccc(-c4ccc([N+](=O)[O-])cc4)o3)o2)c(C)o1. The Bertz CT molecular complexity index is 1090. The molecule has 3 heterocycles. The van der Waals surface area contributed by atoms with E-state index in [1.165, 1.54) is 12.1 Å². The minimum atomic E-state index is -0.448. The van der Waals surface area contributed by atoms with Gasteiger partial charge in [0.2, 0.25) is 0 Å². The number of hydrogen-bond donors (Lipinski definition) is 0. The average Bonchev–Trinajstić information content (AvgIpc) is 3.34. The van der Waals surface area contributed by atoms with E-state index in [0.717, 1.165) is 11.3 Å². The fourth-order valence-electron chi connectivity index (χ4n) is 2.63. The van der Waals surface area contributed by atoms with E-state index in [9.17, 15) is 10.1 Å². The number of benzene rings is 1. The fourth-order valence-corrected chi connectivity index (χ4v) is 2.63. The molecule has 4 rings (SSSR count). The maximum absolute atomic E-state index is 10.7. The lowest BCUT2D eigenvalue weighted by Gasteiger charge is -1.96. The lowest BCUT2D eigenvalue weighted by Crippen LogP contribution is -1.86. The van der Waals surface area contributed by atoms with Gasteiger partial charge in [-0.1, -0.05) is 0 Å². The van der Waals surface area contributed by atoms with Gasteiger partial charge in [0.25, 0.3) is 17.5 Å². The van der Waals surface area contributed by atoms with Crippen LogP contribution in [0.3, 0.4) is 0 Å². The first-order valence-corrected chi connectivity index (χ1v) is 7.77. The molecule has 4 aromatic rings. The number of aryl methyl sites for hydroxylation is 2. The second-order valence-corrected chi connectivity index (χ2v) is 5.71. The van der Waals surface area contributed by atoms with Crippen molar-refractivity contribution in [3.63, 3.8) is 0 Å². The molecule has 0 radical (unpaired) electrons. The number of nitro groups is 1. The zero-order valence-corrected chi connectivity index (χ0v) is 13.9. The summed E-state index contributed by atoms with van der Waals surface area (Å²) in [5.74, 6) is 3.01. The van der Waals surface area contributed by atoms with Crippen molar-refractivity contribution < 1.29 is 18.2 Å². The first-order chi connectivity index (χ1) is 12.5. The molecule has 0 aliphatic heterocycles. The molecular weight excluding hydrogens is 338 g/mol. The highest BCUT2D eigenvalue weighted by atomic mass is 16.6. The van der Waals surface area contributed by atoms with Crippen LogP contribution in [-0.4, -0.2) is 15.1 Å². The Labute approximate surface area is 147 Å². The molecule has 1 aromatic carbocycles. The Kier molecular flexibility index (Phi) is 3.65. The Morgan fingerprint density at radius 2 is 1.58 bits per heavy atom. The van der Waals surface area contributed by atoms with Crippen LogP contribution in [0.1, 0.15) is 11.5 Å². The van der Waals surface area contributed by atoms with Crippen molar-refractivity contribution in [1.29, 1.82) is 0 Å². The monoisotopic (exact) mass is 351 g/mol. The number of furan rings is 2. The molecule has 0 unspecified atom stereocenters. The summed E-state index contributed by atoms with van der Waals surface area (Å²) in [4.78, 5) is 10.3. The lowest BCUT2D eigenvalue weighted by atomic mass is 10.1. The molecule has 8 nitrogen and oxygen atoms in total. The fraction of sp³-hybridized carbons (Fsp3) is 0.111. The van der Waals surface area contributed by atoms with Gasteiger partial charge >= 0.3 is 0 Å². The molecule has 0 spiro atoms. The molecule has 0 saturated carbocycles. The van der Waals surface area contributed by atoms with Gasteiger partial charge in [-0.15, -0.1) is 10.2 Å². The summed E-state index contributed by atoms with van der Waals surface area (Å²) in [6.07, 6.45) is 0. The third kappa shape index (κ3) is 2.77. The molecule has 0 N–H and O–H groups in total. The molecule has 0 aliphatic carbocycles. The normalized spacial score (nSPS) is 11.0. The second-order valence-electron chi connectivity index (χ2n) is 5.71. The molecule has 0 fully saturated rings. The van der Waals surface area contributed by atoms with Crippen LogP contribution in [0.25, 0.3) is 34.4 Å². The zero-order valence-electron chi connectivity index (χ0n) is 13.9. The number of hydrogen-bond acceptors (Lipinski definition) is 7. The van der Waals surface area contributed by atoms with Crippen molar-refractivity contribution >= 4 is 5.69 Å². The molecule has 26 heavy (non-hydrogen) atoms. The van der Waals surface area contributed by atoms with Gasteiger partial charge in [-0.2, -0.15) is 0 Å². The van der Waals surface area contributed by atoms with E-state index in [2.05, 4.69) is 10.2 Å². The second kappa shape index (κ2) is 5.99. The summed E-state index contributed by atoms with van der Waals surface area (Å²) < 4.78 is 16.9. The van der Waals surface area contributed by atoms with Crippen LogP contribution in [0.5, 0.6) is 0 Å². The number of non-ortho nitro benzene ring substituents is 1. The van der Waals surface area contributed by atoms with Crippen molar-refractivity contribution in [1.82, 2.24) is 10.2 Å². The molecule has 0 atom stereocenters. The van der Waals surface area contributed by atoms with Gasteiger partial charge in [-0.05, 0) is 44.2 Å². The van der Waals surface area contributed by atoms with Gasteiger partial charge in [0.1, 0.15) is 17.3 Å². The Morgan fingerprint density at radius 1 is 0.885 bits per heavy atom. The van der Waals surface area contributed by atoms with Crippen molar-refractivity contribution in [3.05, 3.63) is 64.1 Å². The van der Waals surface area contributed by atoms with Crippen LogP contribution in [0.2, 0.25) is 0 Å². The largest absolute Gasteiger partial charge is 0.466 e. The minimum absolute atomic E-state index is 0.0212. The number of aromatic nitrogens is 2. The number of rotatable bonds is 4. The average molecular weight is 351 g/mol. The van der Waals surface area contributed by atoms with Gasteiger partial charge in [0.15, 0.2) is 5.76 Å². The van der Waals surface area contributed by atoms with Gasteiger partial charge < -0.3 is 13.3 Å². The van der Waals surface area contributed by atoms with Crippen molar-refractivity contribution in [2.75, 3.05) is 0 Å². The van der Waals surface area contributed by atoms with E-state index in [1.807, 2.05) is 19.9 Å². The molecule has 130 valence electrons. The van der Waals surface area contributed by atoms with Crippen LogP contribution in [0.15, 0.2) is 55.7 Å². The summed E-state index contributed by atoms with van der Waals surface area (Å²) in [5.41, 5.74) is 1.47.